The highest BCUT2D eigenvalue weighted by molar-refractivity contribution is 6.02. The molecular formula is C31H37N3O2. The van der Waals surface area contributed by atoms with Crippen LogP contribution in [0.25, 0.3) is 0 Å². The van der Waals surface area contributed by atoms with E-state index in [0.29, 0.717) is 30.1 Å². The number of piperidine rings is 1. The Morgan fingerprint density at radius 2 is 1.56 bits per heavy atom. The van der Waals surface area contributed by atoms with Crippen LogP contribution in [0.5, 0.6) is 0 Å². The zero-order chi connectivity index (χ0) is 25.2. The molecule has 0 bridgehead atoms. The third-order valence-corrected chi connectivity index (χ3v) is 6.87. The Morgan fingerprint density at radius 1 is 0.889 bits per heavy atom. The van der Waals surface area contributed by atoms with E-state index < -0.39 is 0 Å². The van der Waals surface area contributed by atoms with Crippen molar-refractivity contribution in [3.8, 4) is 0 Å². The molecule has 1 fully saturated rings. The zero-order valence-electron chi connectivity index (χ0n) is 21.2. The molecule has 0 atom stereocenters. The van der Waals surface area contributed by atoms with Crippen LogP contribution in [0.2, 0.25) is 0 Å². The number of rotatable bonds is 10. The number of carbonyl (C=O) groups is 2. The van der Waals surface area contributed by atoms with Gasteiger partial charge in [-0.3, -0.25) is 9.59 Å². The molecule has 0 aliphatic carbocycles. The lowest BCUT2D eigenvalue weighted by molar-refractivity contribution is -0.116. The van der Waals surface area contributed by atoms with E-state index in [1.165, 1.54) is 11.1 Å². The maximum atomic E-state index is 13.3. The zero-order valence-corrected chi connectivity index (χ0v) is 21.2. The van der Waals surface area contributed by atoms with Gasteiger partial charge in [0.2, 0.25) is 5.91 Å². The van der Waals surface area contributed by atoms with E-state index >= 15 is 0 Å². The van der Waals surface area contributed by atoms with Gasteiger partial charge in [0, 0.05) is 37.4 Å². The van der Waals surface area contributed by atoms with Gasteiger partial charge in [-0.05, 0) is 67.3 Å². The van der Waals surface area contributed by atoms with E-state index in [1.807, 2.05) is 43.3 Å². The summed E-state index contributed by atoms with van der Waals surface area (Å²) in [4.78, 5) is 27.8. The molecule has 3 aromatic rings. The summed E-state index contributed by atoms with van der Waals surface area (Å²) in [6.45, 7) is 4.39. The van der Waals surface area contributed by atoms with Crippen molar-refractivity contribution in [3.63, 3.8) is 0 Å². The molecule has 3 aromatic carbocycles. The molecule has 5 heteroatoms. The average Bonchev–Trinajstić information content (AvgIpc) is 2.90. The number of benzene rings is 3. The molecule has 4 rings (SSSR count). The second-order valence-corrected chi connectivity index (χ2v) is 9.64. The quantitative estimate of drug-likeness (QED) is 0.380. The third kappa shape index (κ3) is 7.20. The van der Waals surface area contributed by atoms with Crippen LogP contribution in [0.15, 0.2) is 78.9 Å². The number of carbonyl (C=O) groups excluding carboxylic acids is 2. The number of hydrogen-bond acceptors (Lipinski definition) is 3. The SMILES string of the molecule is CCCC(=O)Nc1ccc(N2CCC(Cc3ccccc3)CC2)c(C(=O)NCCc2ccccc2)c1. The Balaban J connectivity index is 1.44. The minimum Gasteiger partial charge on any atom is -0.371 e. The van der Waals surface area contributed by atoms with Crippen molar-refractivity contribution in [2.24, 2.45) is 5.92 Å². The molecule has 5 nitrogen and oxygen atoms in total. The molecule has 1 heterocycles. The molecule has 188 valence electrons. The molecule has 36 heavy (non-hydrogen) atoms. The van der Waals surface area contributed by atoms with Crippen LogP contribution < -0.4 is 15.5 Å². The standard InChI is InChI=1S/C31H37N3O2/c1-2-9-30(35)33-27-14-15-29(28(23-27)31(36)32-19-16-24-10-5-3-6-11-24)34-20-17-26(18-21-34)22-25-12-7-4-8-13-25/h3-8,10-15,23,26H,2,9,16-22H2,1H3,(H,32,36)(H,33,35). The van der Waals surface area contributed by atoms with E-state index in [0.717, 1.165) is 50.9 Å². The highest BCUT2D eigenvalue weighted by Crippen LogP contribution is 2.30. The van der Waals surface area contributed by atoms with Crippen LogP contribution in [0, 0.1) is 5.92 Å². The van der Waals surface area contributed by atoms with Gasteiger partial charge in [0.1, 0.15) is 0 Å². The fourth-order valence-corrected chi connectivity index (χ4v) is 4.91. The van der Waals surface area contributed by atoms with E-state index in [4.69, 9.17) is 0 Å². The van der Waals surface area contributed by atoms with Gasteiger partial charge in [-0.1, -0.05) is 67.6 Å². The molecule has 0 radical (unpaired) electrons. The third-order valence-electron chi connectivity index (χ3n) is 6.87. The Kier molecular flexibility index (Phi) is 9.15. The van der Waals surface area contributed by atoms with Gasteiger partial charge >= 0.3 is 0 Å². The number of anilines is 2. The minimum absolute atomic E-state index is 0.0255. The predicted molar refractivity (Wildman–Crippen MR) is 148 cm³/mol. The van der Waals surface area contributed by atoms with E-state index in [2.05, 4.69) is 58.0 Å². The van der Waals surface area contributed by atoms with Gasteiger partial charge in [0.05, 0.1) is 5.56 Å². The summed E-state index contributed by atoms with van der Waals surface area (Å²) < 4.78 is 0. The first-order valence-electron chi connectivity index (χ1n) is 13.2. The lowest BCUT2D eigenvalue weighted by Gasteiger charge is -2.35. The maximum absolute atomic E-state index is 13.3. The predicted octanol–water partition coefficient (Wildman–Crippen LogP) is 5.86. The van der Waals surface area contributed by atoms with Crippen molar-refractivity contribution in [3.05, 3.63) is 95.6 Å². The summed E-state index contributed by atoms with van der Waals surface area (Å²) in [5.74, 6) is 0.528. The van der Waals surface area contributed by atoms with Crippen LogP contribution in [-0.4, -0.2) is 31.4 Å². The topological polar surface area (TPSA) is 61.4 Å². The van der Waals surface area contributed by atoms with Gasteiger partial charge in [-0.15, -0.1) is 0 Å². The van der Waals surface area contributed by atoms with E-state index in [9.17, 15) is 9.59 Å². The van der Waals surface area contributed by atoms with Gasteiger partial charge in [0.15, 0.2) is 0 Å². The van der Waals surface area contributed by atoms with Gasteiger partial charge in [-0.2, -0.15) is 0 Å². The highest BCUT2D eigenvalue weighted by Gasteiger charge is 2.23. The first-order chi connectivity index (χ1) is 17.6. The van der Waals surface area contributed by atoms with Crippen molar-refractivity contribution in [1.82, 2.24) is 5.32 Å². The highest BCUT2D eigenvalue weighted by atomic mass is 16.2. The largest absolute Gasteiger partial charge is 0.371 e. The normalized spacial score (nSPS) is 13.9. The average molecular weight is 484 g/mol. The van der Waals surface area contributed by atoms with Crippen LogP contribution in [0.1, 0.15) is 54.1 Å². The van der Waals surface area contributed by atoms with Gasteiger partial charge in [-0.25, -0.2) is 0 Å². The summed E-state index contributed by atoms with van der Waals surface area (Å²) >= 11 is 0. The Morgan fingerprint density at radius 3 is 2.22 bits per heavy atom. The summed E-state index contributed by atoms with van der Waals surface area (Å²) in [6, 6.07) is 26.6. The molecule has 1 aliphatic heterocycles. The van der Waals surface area contributed by atoms with Crippen molar-refractivity contribution >= 4 is 23.2 Å². The summed E-state index contributed by atoms with van der Waals surface area (Å²) in [5.41, 5.74) is 4.82. The fourth-order valence-electron chi connectivity index (χ4n) is 4.91. The maximum Gasteiger partial charge on any atom is 0.253 e. The number of nitrogens with zero attached hydrogens (tertiary/aromatic N) is 1. The van der Waals surface area contributed by atoms with Crippen molar-refractivity contribution in [1.29, 1.82) is 0 Å². The summed E-state index contributed by atoms with van der Waals surface area (Å²) in [5, 5.41) is 6.04. The Bertz CT molecular complexity index is 1120. The first-order valence-corrected chi connectivity index (χ1v) is 13.2. The van der Waals surface area contributed by atoms with Crippen molar-refractivity contribution < 1.29 is 9.59 Å². The molecule has 0 unspecified atom stereocenters. The first kappa shape index (κ1) is 25.5. The van der Waals surface area contributed by atoms with Crippen LogP contribution in [0.4, 0.5) is 11.4 Å². The smallest absolute Gasteiger partial charge is 0.253 e. The van der Waals surface area contributed by atoms with Crippen LogP contribution in [-0.2, 0) is 17.6 Å². The molecular weight excluding hydrogens is 446 g/mol. The Labute approximate surface area is 214 Å². The second kappa shape index (κ2) is 12.9. The van der Waals surface area contributed by atoms with Crippen LogP contribution >= 0.6 is 0 Å². The molecule has 0 saturated carbocycles. The molecule has 2 amide bonds. The van der Waals surface area contributed by atoms with Gasteiger partial charge in [0.25, 0.3) is 5.91 Å². The van der Waals surface area contributed by atoms with Crippen molar-refractivity contribution in [2.45, 2.75) is 45.4 Å². The number of hydrogen-bond donors (Lipinski definition) is 2. The lowest BCUT2D eigenvalue weighted by atomic mass is 9.89. The lowest BCUT2D eigenvalue weighted by Crippen LogP contribution is -2.36. The van der Waals surface area contributed by atoms with E-state index in [1.54, 1.807) is 0 Å². The molecule has 0 spiro atoms. The summed E-state index contributed by atoms with van der Waals surface area (Å²) in [7, 11) is 0. The summed E-state index contributed by atoms with van der Waals surface area (Å²) in [6.07, 6.45) is 5.32. The fraction of sp³-hybridized carbons (Fsp3) is 0.355. The second-order valence-electron chi connectivity index (χ2n) is 9.64. The molecule has 1 aliphatic rings. The van der Waals surface area contributed by atoms with Crippen molar-refractivity contribution in [2.75, 3.05) is 29.9 Å². The molecule has 1 saturated heterocycles. The molecule has 2 N–H and O–H groups in total. The molecule has 0 aromatic heterocycles. The number of nitrogens with one attached hydrogen (secondary N) is 2. The van der Waals surface area contributed by atoms with E-state index in [-0.39, 0.29) is 11.8 Å². The monoisotopic (exact) mass is 483 g/mol. The number of amides is 2. The Hall–Kier alpha value is -3.60. The minimum atomic E-state index is -0.0982. The van der Waals surface area contributed by atoms with Crippen LogP contribution in [0.3, 0.4) is 0 Å². The van der Waals surface area contributed by atoms with Gasteiger partial charge < -0.3 is 15.5 Å².